The lowest BCUT2D eigenvalue weighted by molar-refractivity contribution is 1.07. The molecule has 13 rings (SSSR count). The minimum absolute atomic E-state index is 0.594. The van der Waals surface area contributed by atoms with Crippen molar-refractivity contribution in [1.82, 2.24) is 24.9 Å². The van der Waals surface area contributed by atoms with Gasteiger partial charge in [0.2, 0.25) is 0 Å². The SMILES string of the molecule is N#Cc1ccc(-c2ccc(-c3cc4c5cccnc5c(-c5cccc(-c6nc(-c7ccccc7)nc(-c7ccc8c(c7)sc7ccccc78)n6)c5)cc4c4cccnc34)c3ccccc23)cc1. The lowest BCUT2D eigenvalue weighted by Crippen LogP contribution is -2.00. The van der Waals surface area contributed by atoms with Gasteiger partial charge in [0.05, 0.1) is 22.7 Å². The van der Waals surface area contributed by atoms with Crippen molar-refractivity contribution in [2.75, 3.05) is 0 Å². The van der Waals surface area contributed by atoms with Crippen molar-refractivity contribution in [2.45, 2.75) is 0 Å². The van der Waals surface area contributed by atoms with Crippen molar-refractivity contribution in [3.05, 3.63) is 212 Å². The van der Waals surface area contributed by atoms with E-state index in [4.69, 9.17) is 24.9 Å². The minimum atomic E-state index is 0.594. The van der Waals surface area contributed by atoms with E-state index in [0.717, 1.165) is 93.4 Å². The molecule has 0 aliphatic carbocycles. The molecule has 13 aromatic rings. The molecule has 0 fully saturated rings. The van der Waals surface area contributed by atoms with Gasteiger partial charge in [-0.05, 0) is 98.4 Å². The molecule has 4 heterocycles. The third-order valence-electron chi connectivity index (χ3n) is 12.8. The fraction of sp³-hybridized carbons (Fsp3) is 0. The summed E-state index contributed by atoms with van der Waals surface area (Å²) in [5.41, 5.74) is 11.6. The molecule has 0 saturated carbocycles. The largest absolute Gasteiger partial charge is 0.256 e. The zero-order valence-electron chi connectivity index (χ0n) is 35.7. The summed E-state index contributed by atoms with van der Waals surface area (Å²) in [6.07, 6.45) is 3.75. The summed E-state index contributed by atoms with van der Waals surface area (Å²) in [7, 11) is 0. The van der Waals surface area contributed by atoms with Crippen LogP contribution in [-0.2, 0) is 0 Å². The van der Waals surface area contributed by atoms with E-state index in [9.17, 15) is 5.26 Å². The van der Waals surface area contributed by atoms with Gasteiger partial charge in [0.1, 0.15) is 0 Å². The molecule has 67 heavy (non-hydrogen) atoms. The standard InChI is InChI=1S/C60H34N6S/c61-35-36-21-23-37(24-22-36)42-27-28-45(44-16-5-4-15-43(42)44)53-34-52-48-18-9-29-62-56(48)50(33-51(52)49-19-10-30-63-57(49)53)39-13-8-14-40(31-39)59-64-58(38-11-2-1-3-12-38)65-60(66-59)41-25-26-47-46-17-6-7-20-54(46)67-55(47)32-41/h1-34H. The Morgan fingerprint density at radius 1 is 0.328 bits per heavy atom. The van der Waals surface area contributed by atoms with Crippen LogP contribution in [0.4, 0.5) is 0 Å². The highest BCUT2D eigenvalue weighted by atomic mass is 32.1. The van der Waals surface area contributed by atoms with Crippen molar-refractivity contribution < 1.29 is 0 Å². The average molecular weight is 871 g/mol. The summed E-state index contributed by atoms with van der Waals surface area (Å²) >= 11 is 1.79. The first kappa shape index (κ1) is 38.5. The highest BCUT2D eigenvalue weighted by Gasteiger charge is 2.20. The summed E-state index contributed by atoms with van der Waals surface area (Å²) in [6, 6.07) is 69.6. The fourth-order valence-corrected chi connectivity index (χ4v) is 10.8. The number of benzene rings is 9. The molecule has 0 bridgehead atoms. The second kappa shape index (κ2) is 15.6. The van der Waals surface area contributed by atoms with Gasteiger partial charge in [-0.2, -0.15) is 5.26 Å². The molecule has 0 amide bonds. The molecule has 0 spiro atoms. The molecular formula is C60H34N6S. The van der Waals surface area contributed by atoms with Crippen LogP contribution in [0.2, 0.25) is 0 Å². The minimum Gasteiger partial charge on any atom is -0.256 e. The second-order valence-corrected chi connectivity index (χ2v) is 17.8. The maximum atomic E-state index is 9.44. The van der Waals surface area contributed by atoms with Crippen molar-refractivity contribution >= 4 is 74.9 Å². The van der Waals surface area contributed by atoms with Crippen LogP contribution in [0.25, 0.3) is 131 Å². The first-order valence-electron chi connectivity index (χ1n) is 22.1. The topological polar surface area (TPSA) is 88.2 Å². The number of hydrogen-bond acceptors (Lipinski definition) is 7. The van der Waals surface area contributed by atoms with Crippen molar-refractivity contribution in [3.8, 4) is 73.6 Å². The van der Waals surface area contributed by atoms with Crippen LogP contribution in [0.15, 0.2) is 207 Å². The molecule has 0 aliphatic heterocycles. The summed E-state index contributed by atoms with van der Waals surface area (Å²) in [5, 5.41) is 18.5. The smallest absolute Gasteiger partial charge is 0.164 e. The number of nitriles is 1. The van der Waals surface area contributed by atoms with E-state index in [1.807, 2.05) is 79.1 Å². The highest BCUT2D eigenvalue weighted by molar-refractivity contribution is 7.25. The number of rotatable bonds is 6. The van der Waals surface area contributed by atoms with E-state index in [0.29, 0.717) is 23.0 Å². The summed E-state index contributed by atoms with van der Waals surface area (Å²) in [5.74, 6) is 1.83. The summed E-state index contributed by atoms with van der Waals surface area (Å²) < 4.78 is 2.45. The third kappa shape index (κ3) is 6.50. The number of hydrogen-bond donors (Lipinski definition) is 0. The predicted molar refractivity (Wildman–Crippen MR) is 276 cm³/mol. The number of pyridine rings is 2. The van der Waals surface area contributed by atoms with Gasteiger partial charge >= 0.3 is 0 Å². The number of thiophene rings is 1. The van der Waals surface area contributed by atoms with Crippen LogP contribution in [0.1, 0.15) is 5.56 Å². The third-order valence-corrected chi connectivity index (χ3v) is 14.0. The van der Waals surface area contributed by atoms with Crippen LogP contribution in [0.5, 0.6) is 0 Å². The predicted octanol–water partition coefficient (Wildman–Crippen LogP) is 15.5. The van der Waals surface area contributed by atoms with Crippen molar-refractivity contribution in [3.63, 3.8) is 0 Å². The molecular weight excluding hydrogens is 837 g/mol. The lowest BCUT2D eigenvalue weighted by Gasteiger charge is -2.17. The Kier molecular flexibility index (Phi) is 8.98. The van der Waals surface area contributed by atoms with Gasteiger partial charge in [0.15, 0.2) is 17.5 Å². The Labute approximate surface area is 388 Å². The van der Waals surface area contributed by atoms with Crippen LogP contribution in [0, 0.1) is 11.3 Å². The monoisotopic (exact) mass is 870 g/mol. The molecule has 0 unspecified atom stereocenters. The zero-order valence-corrected chi connectivity index (χ0v) is 36.5. The van der Waals surface area contributed by atoms with Crippen LogP contribution in [-0.4, -0.2) is 24.9 Å². The van der Waals surface area contributed by atoms with E-state index < -0.39 is 0 Å². The Bertz CT molecular complexity index is 4170. The summed E-state index contributed by atoms with van der Waals surface area (Å²) in [4.78, 5) is 25.5. The first-order valence-corrected chi connectivity index (χ1v) is 22.9. The average Bonchev–Trinajstić information content (AvgIpc) is 3.78. The molecule has 6 nitrogen and oxygen atoms in total. The number of aromatic nitrogens is 5. The maximum absolute atomic E-state index is 9.44. The Morgan fingerprint density at radius 3 is 1.60 bits per heavy atom. The van der Waals surface area contributed by atoms with Gasteiger partial charge in [-0.15, -0.1) is 11.3 Å². The molecule has 0 saturated heterocycles. The number of nitrogens with zero attached hydrogens (tertiary/aromatic N) is 6. The fourth-order valence-electron chi connectivity index (χ4n) is 9.68. The quantitative estimate of drug-likeness (QED) is 0.155. The van der Waals surface area contributed by atoms with Crippen molar-refractivity contribution in [1.29, 1.82) is 5.26 Å². The van der Waals surface area contributed by atoms with Gasteiger partial charge in [0.25, 0.3) is 0 Å². The molecule has 0 atom stereocenters. The van der Waals surface area contributed by atoms with Gasteiger partial charge in [-0.1, -0.05) is 140 Å². The lowest BCUT2D eigenvalue weighted by atomic mass is 9.88. The van der Waals surface area contributed by atoms with E-state index in [-0.39, 0.29) is 0 Å². The van der Waals surface area contributed by atoms with E-state index in [1.54, 1.807) is 11.3 Å². The van der Waals surface area contributed by atoms with E-state index >= 15 is 0 Å². The molecule has 0 radical (unpaired) electrons. The highest BCUT2D eigenvalue weighted by Crippen LogP contribution is 2.44. The molecule has 9 aromatic carbocycles. The van der Waals surface area contributed by atoms with Crippen LogP contribution < -0.4 is 0 Å². The Morgan fingerprint density at radius 2 is 0.866 bits per heavy atom. The van der Waals surface area contributed by atoms with Gasteiger partial charge < -0.3 is 0 Å². The van der Waals surface area contributed by atoms with Crippen LogP contribution >= 0.6 is 11.3 Å². The first-order chi connectivity index (χ1) is 33.1. The van der Waals surface area contributed by atoms with Gasteiger partial charge in [-0.3, -0.25) is 9.97 Å². The molecule has 310 valence electrons. The van der Waals surface area contributed by atoms with Gasteiger partial charge in [-0.25, -0.2) is 15.0 Å². The molecule has 4 aromatic heterocycles. The van der Waals surface area contributed by atoms with Crippen LogP contribution in [0.3, 0.4) is 0 Å². The molecule has 0 N–H and O–H groups in total. The zero-order chi connectivity index (χ0) is 44.4. The van der Waals surface area contributed by atoms with Crippen molar-refractivity contribution in [2.24, 2.45) is 0 Å². The molecule has 7 heteroatoms. The number of fused-ring (bicyclic) bond motifs is 9. The molecule has 0 aliphatic rings. The Balaban J connectivity index is 0.972. The van der Waals surface area contributed by atoms with E-state index in [2.05, 4.69) is 133 Å². The van der Waals surface area contributed by atoms with Gasteiger partial charge in [0, 0.05) is 71.2 Å². The normalized spacial score (nSPS) is 11.6. The Hall–Kier alpha value is -8.96. The summed E-state index contributed by atoms with van der Waals surface area (Å²) in [6.45, 7) is 0. The van der Waals surface area contributed by atoms with E-state index in [1.165, 1.54) is 20.2 Å². The maximum Gasteiger partial charge on any atom is 0.164 e. The second-order valence-electron chi connectivity index (χ2n) is 16.7.